The summed E-state index contributed by atoms with van der Waals surface area (Å²) >= 11 is 0. The molecule has 2 heteroatoms. The Balaban J connectivity index is 2.86. The fourth-order valence-electron chi connectivity index (χ4n) is 2.17. The Morgan fingerprint density at radius 3 is 2.67 bits per heavy atom. The molecule has 0 saturated carbocycles. The maximum Gasteiger partial charge on any atom is 0.0998 e. The van der Waals surface area contributed by atoms with Gasteiger partial charge in [0.25, 0.3) is 0 Å². The van der Waals surface area contributed by atoms with Crippen LogP contribution in [0.1, 0.15) is 31.1 Å². The van der Waals surface area contributed by atoms with Gasteiger partial charge in [0, 0.05) is 22.6 Å². The molecule has 0 bridgehead atoms. The van der Waals surface area contributed by atoms with E-state index in [2.05, 4.69) is 43.5 Å². The lowest BCUT2D eigenvalue weighted by atomic mass is 10.1. The van der Waals surface area contributed by atoms with E-state index in [1.165, 1.54) is 5.69 Å². The molecule has 2 nitrogen and oxygen atoms in total. The monoisotopic (exact) mass is 198 g/mol. The molecule has 15 heavy (non-hydrogen) atoms. The van der Waals surface area contributed by atoms with Gasteiger partial charge in [0.05, 0.1) is 11.6 Å². The van der Waals surface area contributed by atoms with E-state index in [9.17, 15) is 0 Å². The standard InChI is InChI=1S/C13H14N2/c1-9(2)15-10(3)7-12-11(8-14)5-4-6-13(12)15/h4-7,9H,1-3H3. The van der Waals surface area contributed by atoms with Crippen molar-refractivity contribution in [2.75, 3.05) is 0 Å². The maximum absolute atomic E-state index is 9.02. The third-order valence-electron chi connectivity index (χ3n) is 2.71. The van der Waals surface area contributed by atoms with E-state index >= 15 is 0 Å². The summed E-state index contributed by atoms with van der Waals surface area (Å²) in [6, 6.07) is 10.6. The van der Waals surface area contributed by atoms with Gasteiger partial charge < -0.3 is 4.57 Å². The first-order chi connectivity index (χ1) is 7.15. The molecule has 0 fully saturated rings. The first kappa shape index (κ1) is 9.79. The molecule has 0 aliphatic rings. The number of benzene rings is 1. The Labute approximate surface area is 89.7 Å². The van der Waals surface area contributed by atoms with Crippen LogP contribution in [0.3, 0.4) is 0 Å². The van der Waals surface area contributed by atoms with Crippen molar-refractivity contribution in [3.05, 3.63) is 35.5 Å². The Hall–Kier alpha value is -1.75. The Morgan fingerprint density at radius 2 is 2.07 bits per heavy atom. The van der Waals surface area contributed by atoms with Crippen LogP contribution < -0.4 is 0 Å². The zero-order valence-corrected chi connectivity index (χ0v) is 9.28. The fraction of sp³-hybridized carbons (Fsp3) is 0.308. The minimum absolute atomic E-state index is 0.427. The number of hydrogen-bond acceptors (Lipinski definition) is 1. The van der Waals surface area contributed by atoms with Gasteiger partial charge in [0.2, 0.25) is 0 Å². The van der Waals surface area contributed by atoms with Crippen LogP contribution in [0.15, 0.2) is 24.3 Å². The van der Waals surface area contributed by atoms with Crippen molar-refractivity contribution in [3.63, 3.8) is 0 Å². The Bertz CT molecular complexity index is 541. The smallest absolute Gasteiger partial charge is 0.0998 e. The SMILES string of the molecule is Cc1cc2c(C#N)cccc2n1C(C)C. The second kappa shape index (κ2) is 3.43. The fourth-order valence-corrected chi connectivity index (χ4v) is 2.17. The number of aromatic nitrogens is 1. The van der Waals surface area contributed by atoms with E-state index < -0.39 is 0 Å². The molecule has 1 heterocycles. The minimum atomic E-state index is 0.427. The van der Waals surface area contributed by atoms with Gasteiger partial charge in [-0.1, -0.05) is 6.07 Å². The van der Waals surface area contributed by atoms with Crippen molar-refractivity contribution < 1.29 is 0 Å². The first-order valence-electron chi connectivity index (χ1n) is 5.16. The zero-order valence-electron chi connectivity index (χ0n) is 9.28. The molecule has 0 aliphatic heterocycles. The summed E-state index contributed by atoms with van der Waals surface area (Å²) in [5.41, 5.74) is 3.12. The van der Waals surface area contributed by atoms with Crippen LogP contribution in [0.25, 0.3) is 10.9 Å². The van der Waals surface area contributed by atoms with Crippen LogP contribution in [-0.2, 0) is 0 Å². The van der Waals surface area contributed by atoms with Crippen LogP contribution in [-0.4, -0.2) is 4.57 Å². The highest BCUT2D eigenvalue weighted by Gasteiger charge is 2.10. The molecule has 76 valence electrons. The van der Waals surface area contributed by atoms with E-state index in [4.69, 9.17) is 5.26 Å². The van der Waals surface area contributed by atoms with Crippen LogP contribution >= 0.6 is 0 Å². The average molecular weight is 198 g/mol. The summed E-state index contributed by atoms with van der Waals surface area (Å²) < 4.78 is 2.26. The van der Waals surface area contributed by atoms with E-state index in [1.807, 2.05) is 12.1 Å². The van der Waals surface area contributed by atoms with Crippen molar-refractivity contribution >= 4 is 10.9 Å². The zero-order chi connectivity index (χ0) is 11.0. The van der Waals surface area contributed by atoms with Crippen LogP contribution in [0.4, 0.5) is 0 Å². The second-order valence-electron chi connectivity index (χ2n) is 4.10. The molecule has 0 saturated heterocycles. The Morgan fingerprint density at radius 1 is 1.33 bits per heavy atom. The van der Waals surface area contributed by atoms with E-state index in [1.54, 1.807) is 0 Å². The van der Waals surface area contributed by atoms with E-state index in [-0.39, 0.29) is 0 Å². The van der Waals surface area contributed by atoms with Crippen molar-refractivity contribution in [1.29, 1.82) is 5.26 Å². The lowest BCUT2D eigenvalue weighted by Crippen LogP contribution is -2.01. The first-order valence-corrected chi connectivity index (χ1v) is 5.16. The molecular formula is C13H14N2. The number of rotatable bonds is 1. The number of nitriles is 1. The molecule has 0 unspecified atom stereocenters. The normalized spacial score (nSPS) is 10.9. The highest BCUT2D eigenvalue weighted by Crippen LogP contribution is 2.25. The molecule has 2 rings (SSSR count). The predicted octanol–water partition coefficient (Wildman–Crippen LogP) is 3.40. The van der Waals surface area contributed by atoms with Crippen LogP contribution in [0, 0.1) is 18.3 Å². The molecule has 0 amide bonds. The van der Waals surface area contributed by atoms with Crippen molar-refractivity contribution in [1.82, 2.24) is 4.57 Å². The lowest BCUT2D eigenvalue weighted by Gasteiger charge is -2.12. The van der Waals surface area contributed by atoms with Gasteiger partial charge in [0.15, 0.2) is 0 Å². The third-order valence-corrected chi connectivity index (χ3v) is 2.71. The number of fused-ring (bicyclic) bond motifs is 1. The molecule has 0 spiro atoms. The number of nitrogens with zero attached hydrogens (tertiary/aromatic N) is 2. The summed E-state index contributed by atoms with van der Waals surface area (Å²) in [5, 5.41) is 10.1. The highest BCUT2D eigenvalue weighted by atomic mass is 15.0. The van der Waals surface area contributed by atoms with Crippen molar-refractivity contribution in [3.8, 4) is 6.07 Å². The molecule has 1 aromatic carbocycles. The molecule has 0 N–H and O–H groups in total. The summed E-state index contributed by atoms with van der Waals surface area (Å²) in [6.07, 6.45) is 0. The molecule has 0 aliphatic carbocycles. The average Bonchev–Trinajstić information content (AvgIpc) is 2.53. The topological polar surface area (TPSA) is 28.7 Å². The summed E-state index contributed by atoms with van der Waals surface area (Å²) in [6.45, 7) is 6.40. The Kier molecular flexibility index (Phi) is 2.24. The van der Waals surface area contributed by atoms with Crippen molar-refractivity contribution in [2.24, 2.45) is 0 Å². The van der Waals surface area contributed by atoms with Gasteiger partial charge in [-0.3, -0.25) is 0 Å². The lowest BCUT2D eigenvalue weighted by molar-refractivity contribution is 0.608. The maximum atomic E-state index is 9.02. The van der Waals surface area contributed by atoms with Gasteiger partial charge in [-0.05, 0) is 39.0 Å². The summed E-state index contributed by atoms with van der Waals surface area (Å²) in [5.74, 6) is 0. The molecule has 2 aromatic rings. The molecule has 0 radical (unpaired) electrons. The number of aryl methyl sites for hydroxylation is 1. The van der Waals surface area contributed by atoms with Gasteiger partial charge in [-0.25, -0.2) is 0 Å². The van der Waals surface area contributed by atoms with Gasteiger partial charge in [0.1, 0.15) is 0 Å². The van der Waals surface area contributed by atoms with Gasteiger partial charge in [-0.15, -0.1) is 0 Å². The molecular weight excluding hydrogens is 184 g/mol. The van der Waals surface area contributed by atoms with Gasteiger partial charge in [-0.2, -0.15) is 5.26 Å². The summed E-state index contributed by atoms with van der Waals surface area (Å²) in [4.78, 5) is 0. The predicted molar refractivity (Wildman–Crippen MR) is 61.8 cm³/mol. The molecule has 1 aromatic heterocycles. The largest absolute Gasteiger partial charge is 0.342 e. The summed E-state index contributed by atoms with van der Waals surface area (Å²) in [7, 11) is 0. The van der Waals surface area contributed by atoms with Gasteiger partial charge >= 0.3 is 0 Å². The molecule has 0 atom stereocenters. The minimum Gasteiger partial charge on any atom is -0.342 e. The number of hydrogen-bond donors (Lipinski definition) is 0. The van der Waals surface area contributed by atoms with Crippen LogP contribution in [0.5, 0.6) is 0 Å². The second-order valence-corrected chi connectivity index (χ2v) is 4.10. The van der Waals surface area contributed by atoms with Crippen molar-refractivity contribution in [2.45, 2.75) is 26.8 Å². The highest BCUT2D eigenvalue weighted by molar-refractivity contribution is 5.87. The quantitative estimate of drug-likeness (QED) is 0.690. The van der Waals surface area contributed by atoms with E-state index in [0.29, 0.717) is 6.04 Å². The van der Waals surface area contributed by atoms with Crippen LogP contribution in [0.2, 0.25) is 0 Å². The van der Waals surface area contributed by atoms with E-state index in [0.717, 1.165) is 16.5 Å². The third kappa shape index (κ3) is 1.41.